The number of rotatable bonds is 4. The summed E-state index contributed by atoms with van der Waals surface area (Å²) in [7, 11) is 0. The molecule has 1 heterocycles. The van der Waals surface area contributed by atoms with Crippen molar-refractivity contribution < 1.29 is 19.5 Å². The fourth-order valence-corrected chi connectivity index (χ4v) is 2.59. The maximum Gasteiger partial charge on any atom is 0.243 e. The zero-order valence-electron chi connectivity index (χ0n) is 13.2. The molecule has 1 amide bonds. The summed E-state index contributed by atoms with van der Waals surface area (Å²) in [5.41, 5.74) is 1.54. The van der Waals surface area contributed by atoms with E-state index in [2.05, 4.69) is 10.5 Å². The normalized spacial score (nSPS) is 17.7. The zero-order valence-corrected chi connectivity index (χ0v) is 13.2. The highest BCUT2D eigenvalue weighted by Crippen LogP contribution is 2.29. The Kier molecular flexibility index (Phi) is 4.65. The average Bonchev–Trinajstić information content (AvgIpc) is 2.62. The lowest BCUT2D eigenvalue weighted by Gasteiger charge is -2.24. The Labute approximate surface area is 139 Å². The summed E-state index contributed by atoms with van der Waals surface area (Å²) >= 11 is 0. The molecule has 0 saturated heterocycles. The van der Waals surface area contributed by atoms with Gasteiger partial charge in [-0.25, -0.2) is 0 Å². The molecule has 0 saturated carbocycles. The third-order valence-corrected chi connectivity index (χ3v) is 3.76. The average molecular weight is 326 g/mol. The van der Waals surface area contributed by atoms with Crippen LogP contribution in [0.5, 0.6) is 11.5 Å². The van der Waals surface area contributed by atoms with Crippen molar-refractivity contribution in [3.63, 3.8) is 0 Å². The summed E-state index contributed by atoms with van der Waals surface area (Å²) < 4.78 is 10.9. The van der Waals surface area contributed by atoms with Gasteiger partial charge in [-0.1, -0.05) is 23.4 Å². The number of benzene rings is 2. The lowest BCUT2D eigenvalue weighted by Crippen LogP contribution is -2.37. The van der Waals surface area contributed by atoms with Crippen molar-refractivity contribution in [2.24, 2.45) is 11.1 Å². The van der Waals surface area contributed by atoms with E-state index in [0.29, 0.717) is 24.5 Å². The molecule has 0 aliphatic carbocycles. The van der Waals surface area contributed by atoms with Gasteiger partial charge in [0.15, 0.2) is 0 Å². The first-order valence-electron chi connectivity index (χ1n) is 7.72. The van der Waals surface area contributed by atoms with Crippen LogP contribution in [-0.2, 0) is 11.2 Å². The quantitative estimate of drug-likeness (QED) is 0.668. The molecule has 1 aliphatic rings. The molecule has 2 N–H and O–H groups in total. The number of oxime groups is 1. The molecule has 1 aliphatic heterocycles. The van der Waals surface area contributed by atoms with Crippen molar-refractivity contribution in [1.82, 2.24) is 0 Å². The molecule has 0 fully saturated rings. The van der Waals surface area contributed by atoms with Crippen molar-refractivity contribution in [3.8, 4) is 11.5 Å². The number of nitrogens with zero attached hydrogens (tertiary/aromatic N) is 1. The van der Waals surface area contributed by atoms with Gasteiger partial charge in [0.25, 0.3) is 0 Å². The van der Waals surface area contributed by atoms with Gasteiger partial charge >= 0.3 is 0 Å². The van der Waals surface area contributed by atoms with Crippen LogP contribution in [0.25, 0.3) is 0 Å². The number of carbonyl (C=O) groups excluding carboxylic acids is 1. The largest absolute Gasteiger partial charge is 0.494 e. The van der Waals surface area contributed by atoms with Crippen LogP contribution in [0.3, 0.4) is 0 Å². The van der Waals surface area contributed by atoms with Crippen LogP contribution in [0.2, 0.25) is 0 Å². The monoisotopic (exact) mass is 326 g/mol. The lowest BCUT2D eigenvalue weighted by molar-refractivity contribution is -0.118. The minimum atomic E-state index is -0.684. The van der Waals surface area contributed by atoms with E-state index in [4.69, 9.17) is 14.7 Å². The molecule has 6 nitrogen and oxygen atoms in total. The van der Waals surface area contributed by atoms with E-state index in [1.165, 1.54) is 0 Å². The lowest BCUT2D eigenvalue weighted by atomic mass is 9.95. The summed E-state index contributed by atoms with van der Waals surface area (Å²) in [5, 5.41) is 15.1. The first-order chi connectivity index (χ1) is 11.7. The van der Waals surface area contributed by atoms with Crippen LogP contribution in [-0.4, -0.2) is 23.6 Å². The molecule has 0 aromatic heterocycles. The molecule has 3 rings (SSSR count). The van der Waals surface area contributed by atoms with Crippen LogP contribution in [0.4, 0.5) is 5.69 Å². The summed E-state index contributed by atoms with van der Waals surface area (Å²) in [4.78, 5) is 12.5. The summed E-state index contributed by atoms with van der Waals surface area (Å²) in [5.74, 6) is 0.369. The molecule has 1 unspecified atom stereocenters. The van der Waals surface area contributed by atoms with E-state index in [1.807, 2.05) is 25.1 Å². The van der Waals surface area contributed by atoms with E-state index < -0.39 is 5.92 Å². The zero-order chi connectivity index (χ0) is 16.9. The molecule has 6 heteroatoms. The molecule has 1 atom stereocenters. The fraction of sp³-hybridized carbons (Fsp3) is 0.222. The number of hydrogen-bond donors (Lipinski definition) is 2. The smallest absolute Gasteiger partial charge is 0.243 e. The molecule has 0 spiro atoms. The third-order valence-electron chi connectivity index (χ3n) is 3.76. The number of fused-ring (bicyclic) bond motifs is 1. The highest BCUT2D eigenvalue weighted by atomic mass is 16.5. The highest BCUT2D eigenvalue weighted by Gasteiger charge is 2.33. The van der Waals surface area contributed by atoms with Gasteiger partial charge in [0, 0.05) is 5.69 Å². The van der Waals surface area contributed by atoms with Gasteiger partial charge in [-0.2, -0.15) is 0 Å². The van der Waals surface area contributed by atoms with Gasteiger partial charge in [0.1, 0.15) is 17.4 Å². The summed E-state index contributed by atoms with van der Waals surface area (Å²) in [6, 6.07) is 14.5. The number of carbonyl (C=O) groups is 1. The maximum absolute atomic E-state index is 12.5. The predicted octanol–water partition coefficient (Wildman–Crippen LogP) is 3.06. The van der Waals surface area contributed by atoms with Crippen LogP contribution in [0.1, 0.15) is 12.5 Å². The molecular formula is C18H18N2O4. The van der Waals surface area contributed by atoms with E-state index in [9.17, 15) is 4.79 Å². The van der Waals surface area contributed by atoms with Crippen molar-refractivity contribution in [2.75, 3.05) is 11.9 Å². The van der Waals surface area contributed by atoms with Crippen molar-refractivity contribution >= 4 is 17.5 Å². The number of para-hydroxylation sites is 1. The van der Waals surface area contributed by atoms with Crippen LogP contribution in [0, 0.1) is 5.92 Å². The topological polar surface area (TPSA) is 80.2 Å². The van der Waals surface area contributed by atoms with Crippen LogP contribution >= 0.6 is 0 Å². The Morgan fingerprint density at radius 2 is 2.04 bits per heavy atom. The maximum atomic E-state index is 12.5. The Hall–Kier alpha value is -3.02. The minimum absolute atomic E-state index is 0.00265. The second kappa shape index (κ2) is 7.04. The second-order valence-corrected chi connectivity index (χ2v) is 5.35. The Morgan fingerprint density at radius 3 is 2.75 bits per heavy atom. The standard InChI is InChI=1S/C18H18N2O4/c1-2-23-14-9-7-13(8-10-14)19-17(21)15-11-12-5-3-4-6-16(12)24-18(15)20-22/h3-10,15,22H,2,11H2,1H3,(H,19,21)/b20-18-. The first-order valence-corrected chi connectivity index (χ1v) is 7.72. The molecule has 0 radical (unpaired) electrons. The molecular weight excluding hydrogens is 308 g/mol. The van der Waals surface area contributed by atoms with Gasteiger partial charge in [-0.05, 0) is 49.2 Å². The van der Waals surface area contributed by atoms with Gasteiger partial charge in [0.2, 0.25) is 11.8 Å². The summed E-state index contributed by atoms with van der Waals surface area (Å²) in [6.45, 7) is 2.49. The second-order valence-electron chi connectivity index (χ2n) is 5.35. The molecule has 24 heavy (non-hydrogen) atoms. The van der Waals surface area contributed by atoms with Crippen LogP contribution < -0.4 is 14.8 Å². The Bertz CT molecular complexity index is 756. The molecule has 124 valence electrons. The highest BCUT2D eigenvalue weighted by molar-refractivity contribution is 6.07. The number of amides is 1. The van der Waals surface area contributed by atoms with Crippen molar-refractivity contribution in [3.05, 3.63) is 54.1 Å². The third kappa shape index (κ3) is 3.32. The first kappa shape index (κ1) is 15.9. The molecule has 2 aromatic carbocycles. The van der Waals surface area contributed by atoms with E-state index in [-0.39, 0.29) is 11.8 Å². The Morgan fingerprint density at radius 1 is 1.29 bits per heavy atom. The van der Waals surface area contributed by atoms with Crippen molar-refractivity contribution in [2.45, 2.75) is 13.3 Å². The number of hydrogen-bond acceptors (Lipinski definition) is 5. The van der Waals surface area contributed by atoms with Crippen molar-refractivity contribution in [1.29, 1.82) is 0 Å². The van der Waals surface area contributed by atoms with E-state index in [0.717, 1.165) is 11.3 Å². The number of anilines is 1. The van der Waals surface area contributed by atoms with Crippen LogP contribution in [0.15, 0.2) is 53.7 Å². The fourth-order valence-electron chi connectivity index (χ4n) is 2.59. The van der Waals surface area contributed by atoms with E-state index >= 15 is 0 Å². The predicted molar refractivity (Wildman–Crippen MR) is 89.7 cm³/mol. The van der Waals surface area contributed by atoms with Gasteiger partial charge in [-0.15, -0.1) is 0 Å². The summed E-state index contributed by atoms with van der Waals surface area (Å²) in [6.07, 6.45) is 0.415. The molecule has 0 bridgehead atoms. The minimum Gasteiger partial charge on any atom is -0.494 e. The number of ether oxygens (including phenoxy) is 2. The Balaban J connectivity index is 1.74. The van der Waals surface area contributed by atoms with Gasteiger partial charge in [-0.3, -0.25) is 4.79 Å². The van der Waals surface area contributed by atoms with Gasteiger partial charge in [0.05, 0.1) is 6.61 Å². The van der Waals surface area contributed by atoms with Gasteiger partial charge < -0.3 is 20.0 Å². The molecule has 2 aromatic rings. The SMILES string of the molecule is CCOc1ccc(NC(=O)C2Cc3ccccc3O/C2=N\O)cc1. The number of nitrogens with one attached hydrogen (secondary N) is 1. The van der Waals surface area contributed by atoms with E-state index in [1.54, 1.807) is 30.3 Å².